The molecule has 1 heterocycles. The zero-order chi connectivity index (χ0) is 11.4. The van der Waals surface area contributed by atoms with Crippen LogP contribution < -0.4 is 5.32 Å². The van der Waals surface area contributed by atoms with Crippen LogP contribution in [-0.2, 0) is 4.79 Å². The van der Waals surface area contributed by atoms with Crippen LogP contribution in [0.15, 0.2) is 0 Å². The van der Waals surface area contributed by atoms with E-state index in [0.717, 1.165) is 25.9 Å². The van der Waals surface area contributed by atoms with Crippen molar-refractivity contribution in [2.45, 2.75) is 32.7 Å². The van der Waals surface area contributed by atoms with Gasteiger partial charge in [0.15, 0.2) is 0 Å². The van der Waals surface area contributed by atoms with Crippen molar-refractivity contribution in [2.75, 3.05) is 13.1 Å². The number of carboxylic acid groups (broad SMARTS) is 1. The minimum Gasteiger partial charge on any atom is -0.480 e. The average molecular weight is 214 g/mol. The predicted molar refractivity (Wildman–Crippen MR) is 55.6 cm³/mol. The van der Waals surface area contributed by atoms with Crippen LogP contribution in [0, 0.1) is 5.92 Å². The van der Waals surface area contributed by atoms with E-state index in [1.807, 2.05) is 0 Å². The molecule has 1 fully saturated rings. The number of urea groups is 1. The van der Waals surface area contributed by atoms with Gasteiger partial charge < -0.3 is 15.3 Å². The number of nitrogens with zero attached hydrogens (tertiary/aromatic N) is 1. The molecule has 86 valence electrons. The second-order valence-electron chi connectivity index (χ2n) is 4.20. The second kappa shape index (κ2) is 5.00. The highest BCUT2D eigenvalue weighted by molar-refractivity contribution is 5.82. The van der Waals surface area contributed by atoms with E-state index in [0.29, 0.717) is 5.92 Å². The van der Waals surface area contributed by atoms with E-state index in [1.54, 1.807) is 4.90 Å². The fourth-order valence-electron chi connectivity index (χ4n) is 1.71. The maximum absolute atomic E-state index is 11.6. The van der Waals surface area contributed by atoms with Crippen LogP contribution in [0.3, 0.4) is 0 Å². The molecule has 0 radical (unpaired) electrons. The van der Waals surface area contributed by atoms with E-state index < -0.39 is 12.0 Å². The summed E-state index contributed by atoms with van der Waals surface area (Å²) < 4.78 is 0. The van der Waals surface area contributed by atoms with Crippen molar-refractivity contribution < 1.29 is 14.7 Å². The van der Waals surface area contributed by atoms with Gasteiger partial charge in [0, 0.05) is 13.1 Å². The number of piperidine rings is 1. The summed E-state index contributed by atoms with van der Waals surface area (Å²) in [4.78, 5) is 23.8. The highest BCUT2D eigenvalue weighted by Gasteiger charge is 2.23. The lowest BCUT2D eigenvalue weighted by molar-refractivity contribution is -0.138. The largest absolute Gasteiger partial charge is 0.480 e. The van der Waals surface area contributed by atoms with E-state index in [9.17, 15) is 9.59 Å². The van der Waals surface area contributed by atoms with E-state index in [4.69, 9.17) is 5.11 Å². The molecule has 5 heteroatoms. The summed E-state index contributed by atoms with van der Waals surface area (Å²) in [7, 11) is 0. The highest BCUT2D eigenvalue weighted by atomic mass is 16.4. The number of likely N-dealkylation sites (tertiary alicyclic amines) is 1. The third-order valence-electron chi connectivity index (χ3n) is 2.65. The molecule has 1 rings (SSSR count). The Labute approximate surface area is 89.4 Å². The molecule has 5 nitrogen and oxygen atoms in total. The molecule has 1 saturated heterocycles. The molecule has 1 unspecified atom stereocenters. The molecule has 1 aliphatic heterocycles. The molecule has 2 N–H and O–H groups in total. The van der Waals surface area contributed by atoms with Crippen LogP contribution in [0.4, 0.5) is 4.79 Å². The van der Waals surface area contributed by atoms with E-state index in [2.05, 4.69) is 12.2 Å². The van der Waals surface area contributed by atoms with Crippen molar-refractivity contribution in [1.82, 2.24) is 10.2 Å². The van der Waals surface area contributed by atoms with Crippen LogP contribution in [0.5, 0.6) is 0 Å². The van der Waals surface area contributed by atoms with Crippen molar-refractivity contribution >= 4 is 12.0 Å². The van der Waals surface area contributed by atoms with Gasteiger partial charge in [-0.1, -0.05) is 6.92 Å². The minimum atomic E-state index is -1.01. The smallest absolute Gasteiger partial charge is 0.325 e. The molecule has 1 aliphatic rings. The van der Waals surface area contributed by atoms with Gasteiger partial charge in [0.2, 0.25) is 0 Å². The van der Waals surface area contributed by atoms with Gasteiger partial charge >= 0.3 is 12.0 Å². The van der Waals surface area contributed by atoms with E-state index in [-0.39, 0.29) is 6.03 Å². The number of hydrogen-bond donors (Lipinski definition) is 2. The number of carbonyl (C=O) groups excluding carboxylic acids is 1. The summed E-state index contributed by atoms with van der Waals surface area (Å²) in [6, 6.07) is -1.09. The maximum atomic E-state index is 11.6. The summed E-state index contributed by atoms with van der Waals surface area (Å²) in [5.74, 6) is -0.502. The molecular weight excluding hydrogens is 196 g/mol. The Morgan fingerprint density at radius 2 is 2.20 bits per heavy atom. The summed E-state index contributed by atoms with van der Waals surface area (Å²) in [5, 5.41) is 11.1. The highest BCUT2D eigenvalue weighted by Crippen LogP contribution is 2.15. The van der Waals surface area contributed by atoms with E-state index >= 15 is 0 Å². The van der Waals surface area contributed by atoms with Crippen molar-refractivity contribution in [3.63, 3.8) is 0 Å². The summed E-state index contributed by atoms with van der Waals surface area (Å²) >= 11 is 0. The van der Waals surface area contributed by atoms with Crippen molar-refractivity contribution in [3.8, 4) is 0 Å². The molecule has 0 aromatic carbocycles. The lowest BCUT2D eigenvalue weighted by Crippen LogP contribution is -2.49. The van der Waals surface area contributed by atoms with Crippen LogP contribution in [0.25, 0.3) is 0 Å². The number of carboxylic acids is 1. The van der Waals surface area contributed by atoms with E-state index in [1.165, 1.54) is 6.92 Å². The van der Waals surface area contributed by atoms with Crippen LogP contribution in [0.2, 0.25) is 0 Å². The van der Waals surface area contributed by atoms with Crippen molar-refractivity contribution in [3.05, 3.63) is 0 Å². The first-order valence-corrected chi connectivity index (χ1v) is 5.29. The average Bonchev–Trinajstić information content (AvgIpc) is 2.17. The summed E-state index contributed by atoms with van der Waals surface area (Å²) in [6.07, 6.45) is 2.13. The third kappa shape index (κ3) is 3.42. The van der Waals surface area contributed by atoms with Gasteiger partial charge in [-0.15, -0.1) is 0 Å². The van der Waals surface area contributed by atoms with Crippen molar-refractivity contribution in [1.29, 1.82) is 0 Å². The standard InChI is InChI=1S/C10H18N2O3/c1-7-4-3-5-12(6-7)10(15)11-8(2)9(13)14/h7-8H,3-6H2,1-2H3,(H,11,15)(H,13,14)/t7?,8-/m0/s1. The zero-order valence-electron chi connectivity index (χ0n) is 9.19. The Balaban J connectivity index is 2.42. The molecule has 0 aromatic heterocycles. The van der Waals surface area contributed by atoms with Gasteiger partial charge in [-0.3, -0.25) is 4.79 Å². The monoisotopic (exact) mass is 214 g/mol. The molecule has 15 heavy (non-hydrogen) atoms. The first-order valence-electron chi connectivity index (χ1n) is 5.29. The van der Waals surface area contributed by atoms with Crippen LogP contribution >= 0.6 is 0 Å². The fourth-order valence-corrected chi connectivity index (χ4v) is 1.71. The number of carbonyl (C=O) groups is 2. The van der Waals surface area contributed by atoms with Gasteiger partial charge in [-0.05, 0) is 25.7 Å². The fraction of sp³-hybridized carbons (Fsp3) is 0.800. The Bertz CT molecular complexity index is 255. The van der Waals surface area contributed by atoms with Crippen LogP contribution in [0.1, 0.15) is 26.7 Å². The van der Waals surface area contributed by atoms with Crippen LogP contribution in [-0.4, -0.2) is 41.1 Å². The topological polar surface area (TPSA) is 69.6 Å². The first kappa shape index (κ1) is 11.8. The third-order valence-corrected chi connectivity index (χ3v) is 2.65. The number of aliphatic carboxylic acids is 1. The summed E-state index contributed by atoms with van der Waals surface area (Å²) in [5.41, 5.74) is 0. The molecular formula is C10H18N2O3. The number of hydrogen-bond acceptors (Lipinski definition) is 2. The first-order chi connectivity index (χ1) is 7.00. The lowest BCUT2D eigenvalue weighted by Gasteiger charge is -2.31. The molecule has 2 amide bonds. The zero-order valence-corrected chi connectivity index (χ0v) is 9.19. The molecule has 0 bridgehead atoms. The Hall–Kier alpha value is -1.26. The Kier molecular flexibility index (Phi) is 3.94. The van der Waals surface area contributed by atoms with Gasteiger partial charge in [0.25, 0.3) is 0 Å². The number of nitrogens with one attached hydrogen (secondary N) is 1. The normalized spacial score (nSPS) is 23.3. The molecule has 0 saturated carbocycles. The number of amides is 2. The Morgan fingerprint density at radius 1 is 1.53 bits per heavy atom. The molecule has 0 aromatic rings. The van der Waals surface area contributed by atoms with Gasteiger partial charge in [0.05, 0.1) is 0 Å². The molecule has 0 aliphatic carbocycles. The lowest BCUT2D eigenvalue weighted by atomic mass is 10.0. The SMILES string of the molecule is CC1CCCN(C(=O)N[C@@H](C)C(=O)O)C1. The maximum Gasteiger partial charge on any atom is 0.325 e. The summed E-state index contributed by atoms with van der Waals surface area (Å²) in [6.45, 7) is 5.01. The van der Waals surface area contributed by atoms with Gasteiger partial charge in [-0.2, -0.15) is 0 Å². The number of rotatable bonds is 2. The second-order valence-corrected chi connectivity index (χ2v) is 4.20. The molecule has 2 atom stereocenters. The Morgan fingerprint density at radius 3 is 2.73 bits per heavy atom. The molecule has 0 spiro atoms. The van der Waals surface area contributed by atoms with Gasteiger partial charge in [0.1, 0.15) is 6.04 Å². The minimum absolute atomic E-state index is 0.267. The van der Waals surface area contributed by atoms with Gasteiger partial charge in [-0.25, -0.2) is 4.79 Å². The van der Waals surface area contributed by atoms with Crippen molar-refractivity contribution in [2.24, 2.45) is 5.92 Å². The predicted octanol–water partition coefficient (Wildman–Crippen LogP) is 0.901. The quantitative estimate of drug-likeness (QED) is 0.717.